The van der Waals surface area contributed by atoms with Crippen molar-refractivity contribution in [2.24, 2.45) is 0 Å². The van der Waals surface area contributed by atoms with Crippen LogP contribution in [0.15, 0.2) is 54.2 Å². The molecule has 0 aliphatic carbocycles. The van der Waals surface area contributed by atoms with E-state index in [-0.39, 0.29) is 23.5 Å². The summed E-state index contributed by atoms with van der Waals surface area (Å²) in [6.07, 6.45) is 1.34. The van der Waals surface area contributed by atoms with Crippen molar-refractivity contribution in [3.63, 3.8) is 0 Å². The maximum Gasteiger partial charge on any atom is 0.328 e. The second-order valence-electron chi connectivity index (χ2n) is 4.70. The van der Waals surface area contributed by atoms with Crippen LogP contribution >= 0.6 is 27.7 Å². The first-order valence-electron chi connectivity index (χ1n) is 6.71. The number of halogens is 2. The normalized spacial score (nSPS) is 10.9. The molecule has 0 fully saturated rings. The van der Waals surface area contributed by atoms with Crippen molar-refractivity contribution < 1.29 is 8.81 Å². The number of aromatic nitrogens is 4. The Morgan fingerprint density at radius 1 is 1.29 bits per heavy atom. The van der Waals surface area contributed by atoms with Crippen molar-refractivity contribution in [3.05, 3.63) is 73.0 Å². The molecule has 2 aromatic heterocycles. The van der Waals surface area contributed by atoms with Gasteiger partial charge in [0.15, 0.2) is 0 Å². The van der Waals surface area contributed by atoms with Crippen molar-refractivity contribution in [2.75, 3.05) is 0 Å². The molecule has 0 saturated carbocycles. The van der Waals surface area contributed by atoms with Gasteiger partial charge < -0.3 is 4.42 Å². The fraction of sp³-hybridized carbons (Fsp3) is 0.143. The van der Waals surface area contributed by atoms with Crippen LogP contribution in [0.1, 0.15) is 11.5 Å². The van der Waals surface area contributed by atoms with Crippen molar-refractivity contribution in [3.8, 4) is 0 Å². The number of aromatic amines is 1. The fourth-order valence-electron chi connectivity index (χ4n) is 1.87. The standard InChI is InChI=1S/C14H10BrFN4O3S/c15-9-3-1-2-8(12(9)16)7-24-14-19-18-11(23-14)6-20-5-4-10(21)17-13(20)22/h1-5H,6-7H2,(H,17,21,22). The highest BCUT2D eigenvalue weighted by atomic mass is 79.9. The number of nitrogens with one attached hydrogen (secondary N) is 1. The SMILES string of the molecule is O=c1ccn(Cc2nnc(SCc3cccc(Br)c3F)o2)c(=O)[nH]1. The van der Waals surface area contributed by atoms with Crippen LogP contribution in [0.5, 0.6) is 0 Å². The van der Waals surface area contributed by atoms with E-state index in [0.717, 1.165) is 0 Å². The number of rotatable bonds is 5. The Morgan fingerprint density at radius 2 is 2.12 bits per heavy atom. The number of benzene rings is 1. The summed E-state index contributed by atoms with van der Waals surface area (Å²) in [5.41, 5.74) is -0.536. The highest BCUT2D eigenvalue weighted by molar-refractivity contribution is 9.10. The highest BCUT2D eigenvalue weighted by Crippen LogP contribution is 2.26. The first-order valence-corrected chi connectivity index (χ1v) is 8.48. The summed E-state index contributed by atoms with van der Waals surface area (Å²) in [5.74, 6) is 0.205. The van der Waals surface area contributed by atoms with Crippen molar-refractivity contribution in [2.45, 2.75) is 17.5 Å². The summed E-state index contributed by atoms with van der Waals surface area (Å²) < 4.78 is 20.9. The van der Waals surface area contributed by atoms with Crippen LogP contribution in [0.2, 0.25) is 0 Å². The van der Waals surface area contributed by atoms with E-state index in [2.05, 4.69) is 31.1 Å². The number of nitrogens with zero attached hydrogens (tertiary/aromatic N) is 3. The maximum absolute atomic E-state index is 13.9. The number of hydrogen-bond acceptors (Lipinski definition) is 6. The highest BCUT2D eigenvalue weighted by Gasteiger charge is 2.11. The van der Waals surface area contributed by atoms with E-state index in [4.69, 9.17) is 4.42 Å². The minimum absolute atomic E-state index is 0.0361. The lowest BCUT2D eigenvalue weighted by molar-refractivity contribution is 0.401. The Labute approximate surface area is 147 Å². The monoisotopic (exact) mass is 412 g/mol. The summed E-state index contributed by atoms with van der Waals surface area (Å²) in [6, 6.07) is 6.26. The van der Waals surface area contributed by atoms with E-state index >= 15 is 0 Å². The van der Waals surface area contributed by atoms with Gasteiger partial charge in [0.1, 0.15) is 12.4 Å². The number of H-pyrrole nitrogens is 1. The predicted octanol–water partition coefficient (Wildman–Crippen LogP) is 2.16. The van der Waals surface area contributed by atoms with Crippen LogP contribution in [0.4, 0.5) is 4.39 Å². The molecule has 7 nitrogen and oxygen atoms in total. The molecule has 0 unspecified atom stereocenters. The molecule has 24 heavy (non-hydrogen) atoms. The van der Waals surface area contributed by atoms with E-state index < -0.39 is 11.2 Å². The van der Waals surface area contributed by atoms with Gasteiger partial charge in [0.05, 0.1) is 4.47 Å². The van der Waals surface area contributed by atoms with Gasteiger partial charge in [0.2, 0.25) is 5.89 Å². The Hall–Kier alpha value is -2.20. The zero-order valence-electron chi connectivity index (χ0n) is 12.0. The molecule has 3 aromatic rings. The van der Waals surface area contributed by atoms with Gasteiger partial charge in [-0.1, -0.05) is 23.9 Å². The van der Waals surface area contributed by atoms with Crippen LogP contribution in [0.3, 0.4) is 0 Å². The van der Waals surface area contributed by atoms with Gasteiger partial charge in [0.25, 0.3) is 10.8 Å². The molecule has 3 rings (SSSR count). The van der Waals surface area contributed by atoms with Gasteiger partial charge in [-0.25, -0.2) is 9.18 Å². The third-order valence-electron chi connectivity index (χ3n) is 3.03. The van der Waals surface area contributed by atoms with E-state index in [1.54, 1.807) is 18.2 Å². The van der Waals surface area contributed by atoms with Crippen LogP contribution < -0.4 is 11.2 Å². The molecule has 1 N–H and O–H groups in total. The van der Waals surface area contributed by atoms with Gasteiger partial charge in [-0.05, 0) is 27.6 Å². The molecule has 0 saturated heterocycles. The summed E-state index contributed by atoms with van der Waals surface area (Å²) in [6.45, 7) is 0.0361. The van der Waals surface area contributed by atoms with Crippen LogP contribution in [-0.4, -0.2) is 19.7 Å². The largest absolute Gasteiger partial charge is 0.414 e. The Bertz CT molecular complexity index is 984. The maximum atomic E-state index is 13.9. The zero-order valence-corrected chi connectivity index (χ0v) is 14.4. The Balaban J connectivity index is 1.68. The Morgan fingerprint density at radius 3 is 2.92 bits per heavy atom. The van der Waals surface area contributed by atoms with Crippen LogP contribution in [-0.2, 0) is 12.3 Å². The molecule has 0 spiro atoms. The van der Waals surface area contributed by atoms with Crippen LogP contribution in [0, 0.1) is 5.82 Å². The third-order valence-corrected chi connectivity index (χ3v) is 4.51. The van der Waals surface area contributed by atoms with E-state index in [9.17, 15) is 14.0 Å². The molecule has 0 amide bonds. The minimum atomic E-state index is -0.564. The quantitative estimate of drug-likeness (QED) is 0.645. The minimum Gasteiger partial charge on any atom is -0.414 e. The molecule has 0 aliphatic heterocycles. The molecule has 0 atom stereocenters. The summed E-state index contributed by atoms with van der Waals surface area (Å²) in [4.78, 5) is 24.7. The van der Waals surface area contributed by atoms with Gasteiger partial charge >= 0.3 is 5.69 Å². The molecular formula is C14H10BrFN4O3S. The molecule has 0 aliphatic rings. The van der Waals surface area contributed by atoms with Gasteiger partial charge in [-0.2, -0.15) is 0 Å². The lowest BCUT2D eigenvalue weighted by Gasteiger charge is -2.02. The Kier molecular flexibility index (Phi) is 4.95. The van der Waals surface area contributed by atoms with Gasteiger partial charge in [0, 0.05) is 18.0 Å². The first-order chi connectivity index (χ1) is 11.5. The smallest absolute Gasteiger partial charge is 0.328 e. The van der Waals surface area contributed by atoms with Crippen molar-refractivity contribution >= 4 is 27.7 Å². The zero-order chi connectivity index (χ0) is 17.1. The fourth-order valence-corrected chi connectivity index (χ4v) is 3.04. The molecule has 124 valence electrons. The predicted molar refractivity (Wildman–Crippen MR) is 88.4 cm³/mol. The molecular weight excluding hydrogens is 403 g/mol. The third kappa shape index (κ3) is 3.82. The second kappa shape index (κ2) is 7.14. The van der Waals surface area contributed by atoms with E-state index in [0.29, 0.717) is 15.8 Å². The average molecular weight is 413 g/mol. The van der Waals surface area contributed by atoms with E-state index in [1.807, 2.05) is 0 Å². The van der Waals surface area contributed by atoms with E-state index in [1.165, 1.54) is 28.6 Å². The molecule has 0 radical (unpaired) electrons. The number of thioether (sulfide) groups is 1. The second-order valence-corrected chi connectivity index (χ2v) is 6.48. The summed E-state index contributed by atoms with van der Waals surface area (Å²) in [7, 11) is 0. The molecule has 0 bridgehead atoms. The summed E-state index contributed by atoms with van der Waals surface area (Å²) in [5, 5.41) is 7.95. The number of hydrogen-bond donors (Lipinski definition) is 1. The van der Waals surface area contributed by atoms with Gasteiger partial charge in [-0.15, -0.1) is 10.2 Å². The molecule has 1 aromatic carbocycles. The van der Waals surface area contributed by atoms with Crippen molar-refractivity contribution in [1.82, 2.24) is 19.7 Å². The van der Waals surface area contributed by atoms with Crippen LogP contribution in [0.25, 0.3) is 0 Å². The lowest BCUT2D eigenvalue weighted by Crippen LogP contribution is -2.28. The molecule has 2 heterocycles. The summed E-state index contributed by atoms with van der Waals surface area (Å²) >= 11 is 4.32. The van der Waals surface area contributed by atoms with Gasteiger partial charge in [-0.3, -0.25) is 14.3 Å². The van der Waals surface area contributed by atoms with Crippen molar-refractivity contribution in [1.29, 1.82) is 0 Å². The topological polar surface area (TPSA) is 93.8 Å². The molecule has 10 heteroatoms. The average Bonchev–Trinajstić information content (AvgIpc) is 2.99. The first kappa shape index (κ1) is 16.7. The lowest BCUT2D eigenvalue weighted by atomic mass is 10.2.